The summed E-state index contributed by atoms with van der Waals surface area (Å²) in [5.74, 6) is -0.900. The zero-order valence-electron chi connectivity index (χ0n) is 22.4. The lowest BCUT2D eigenvalue weighted by Crippen LogP contribution is -2.51. The standard InChI is InChI=1S/C28H30Cl3N3O5S/c1-5-24(28(36)32-3)33(16-21-22(30)7-6-8-23(21)31)27(35)17-34(25-15-19(29)11-14-26(25)39-4)40(37,38)20-12-9-18(2)10-13-20/h6-15,24H,5,16-17H2,1-4H3,(H,32,36)/t24-/m0/s1. The van der Waals surface area contributed by atoms with Crippen LogP contribution in [0.3, 0.4) is 0 Å². The van der Waals surface area contributed by atoms with Crippen LogP contribution < -0.4 is 14.4 Å². The maximum absolute atomic E-state index is 14.1. The first-order valence-corrected chi connectivity index (χ1v) is 14.9. The highest BCUT2D eigenvalue weighted by molar-refractivity contribution is 7.92. The molecule has 0 aliphatic rings. The van der Waals surface area contributed by atoms with E-state index in [1.807, 2.05) is 6.92 Å². The molecule has 3 aromatic carbocycles. The van der Waals surface area contributed by atoms with Crippen molar-refractivity contribution in [2.75, 3.05) is 25.0 Å². The summed E-state index contributed by atoms with van der Waals surface area (Å²) in [7, 11) is -1.46. The molecule has 8 nitrogen and oxygen atoms in total. The van der Waals surface area contributed by atoms with Crippen molar-refractivity contribution in [2.45, 2.75) is 37.8 Å². The number of benzene rings is 3. The number of hydrogen-bond acceptors (Lipinski definition) is 5. The third kappa shape index (κ3) is 7.01. The average molecular weight is 627 g/mol. The van der Waals surface area contributed by atoms with Gasteiger partial charge in [-0.05, 0) is 55.8 Å². The van der Waals surface area contributed by atoms with Gasteiger partial charge in [-0.3, -0.25) is 13.9 Å². The van der Waals surface area contributed by atoms with Gasteiger partial charge in [-0.1, -0.05) is 65.5 Å². The molecule has 0 spiro atoms. The van der Waals surface area contributed by atoms with E-state index < -0.39 is 34.4 Å². The highest BCUT2D eigenvalue weighted by atomic mass is 35.5. The summed E-state index contributed by atoms with van der Waals surface area (Å²) in [5.41, 5.74) is 1.35. The number of nitrogens with one attached hydrogen (secondary N) is 1. The second kappa shape index (κ2) is 13.6. The summed E-state index contributed by atoms with van der Waals surface area (Å²) in [6.45, 7) is 2.78. The number of carbonyl (C=O) groups excluding carboxylic acids is 2. The predicted octanol–water partition coefficient (Wildman–Crippen LogP) is 5.71. The van der Waals surface area contributed by atoms with E-state index in [0.29, 0.717) is 15.6 Å². The van der Waals surface area contributed by atoms with Gasteiger partial charge in [0, 0.05) is 34.2 Å². The molecule has 3 rings (SSSR count). The molecule has 0 bridgehead atoms. The van der Waals surface area contributed by atoms with Gasteiger partial charge in [0.2, 0.25) is 11.8 Å². The third-order valence-corrected chi connectivity index (χ3v) is 9.04. The summed E-state index contributed by atoms with van der Waals surface area (Å²) in [4.78, 5) is 28.2. The largest absolute Gasteiger partial charge is 0.495 e. The lowest BCUT2D eigenvalue weighted by Gasteiger charge is -2.33. The first-order chi connectivity index (χ1) is 18.9. The Hall–Kier alpha value is -2.98. The lowest BCUT2D eigenvalue weighted by atomic mass is 10.1. The molecule has 0 radical (unpaired) electrons. The highest BCUT2D eigenvalue weighted by Crippen LogP contribution is 2.35. The van der Waals surface area contributed by atoms with Crippen LogP contribution in [0.5, 0.6) is 5.75 Å². The Morgan fingerprint density at radius 1 is 1.00 bits per heavy atom. The molecule has 0 saturated heterocycles. The van der Waals surface area contributed by atoms with Gasteiger partial charge in [0.25, 0.3) is 10.0 Å². The Kier molecular flexibility index (Phi) is 10.7. The molecule has 12 heteroatoms. The van der Waals surface area contributed by atoms with Crippen LogP contribution in [0.4, 0.5) is 5.69 Å². The van der Waals surface area contributed by atoms with Crippen LogP contribution in [0.1, 0.15) is 24.5 Å². The summed E-state index contributed by atoms with van der Waals surface area (Å²) in [6.07, 6.45) is 0.249. The molecule has 0 fully saturated rings. The molecule has 1 atom stereocenters. The first kappa shape index (κ1) is 31.5. The number of methoxy groups -OCH3 is 1. The molecule has 214 valence electrons. The Bertz CT molecular complexity index is 1460. The van der Waals surface area contributed by atoms with Crippen LogP contribution in [0, 0.1) is 6.92 Å². The van der Waals surface area contributed by atoms with Crippen molar-refractivity contribution < 1.29 is 22.7 Å². The molecular formula is C28H30Cl3N3O5S. The van der Waals surface area contributed by atoms with Crippen LogP contribution in [-0.2, 0) is 26.2 Å². The van der Waals surface area contributed by atoms with Crippen molar-refractivity contribution in [3.8, 4) is 5.75 Å². The number of carbonyl (C=O) groups is 2. The van der Waals surface area contributed by atoms with Crippen LogP contribution >= 0.6 is 34.8 Å². The van der Waals surface area contributed by atoms with E-state index in [9.17, 15) is 18.0 Å². The van der Waals surface area contributed by atoms with Gasteiger partial charge in [0.05, 0.1) is 17.7 Å². The van der Waals surface area contributed by atoms with Crippen molar-refractivity contribution in [3.63, 3.8) is 0 Å². The summed E-state index contributed by atoms with van der Waals surface area (Å²) < 4.78 is 34.4. The number of halogens is 3. The number of aryl methyl sites for hydroxylation is 1. The van der Waals surface area contributed by atoms with E-state index in [0.717, 1.165) is 9.87 Å². The molecule has 40 heavy (non-hydrogen) atoms. The van der Waals surface area contributed by atoms with Crippen molar-refractivity contribution >= 4 is 62.3 Å². The van der Waals surface area contributed by atoms with Crippen LogP contribution in [0.2, 0.25) is 15.1 Å². The number of ether oxygens (including phenoxy) is 1. The molecule has 3 aromatic rings. The number of nitrogens with zero attached hydrogens (tertiary/aromatic N) is 2. The maximum Gasteiger partial charge on any atom is 0.264 e. The van der Waals surface area contributed by atoms with Crippen molar-refractivity contribution in [3.05, 3.63) is 86.9 Å². The first-order valence-electron chi connectivity index (χ1n) is 12.3. The second-order valence-electron chi connectivity index (χ2n) is 8.90. The summed E-state index contributed by atoms with van der Waals surface area (Å²) >= 11 is 19.1. The zero-order chi connectivity index (χ0) is 29.6. The average Bonchev–Trinajstić information content (AvgIpc) is 2.92. The van der Waals surface area contributed by atoms with Gasteiger partial charge in [-0.25, -0.2) is 8.42 Å². The molecule has 0 unspecified atom stereocenters. The smallest absolute Gasteiger partial charge is 0.264 e. The zero-order valence-corrected chi connectivity index (χ0v) is 25.5. The van der Waals surface area contributed by atoms with E-state index >= 15 is 0 Å². The third-order valence-electron chi connectivity index (χ3n) is 6.32. The summed E-state index contributed by atoms with van der Waals surface area (Å²) in [6, 6.07) is 14.7. The molecule has 1 N–H and O–H groups in total. The Morgan fingerprint density at radius 2 is 1.62 bits per heavy atom. The fourth-order valence-corrected chi connectivity index (χ4v) is 6.25. The van der Waals surface area contributed by atoms with Gasteiger partial charge < -0.3 is 15.0 Å². The predicted molar refractivity (Wildman–Crippen MR) is 159 cm³/mol. The van der Waals surface area contributed by atoms with Gasteiger partial charge in [0.1, 0.15) is 18.3 Å². The molecule has 0 aliphatic heterocycles. The monoisotopic (exact) mass is 625 g/mol. The number of anilines is 1. The molecule has 0 heterocycles. The van der Waals surface area contributed by atoms with Gasteiger partial charge in [-0.15, -0.1) is 0 Å². The van der Waals surface area contributed by atoms with Crippen LogP contribution in [-0.4, -0.2) is 51.9 Å². The summed E-state index contributed by atoms with van der Waals surface area (Å²) in [5, 5.41) is 3.42. The van der Waals surface area contributed by atoms with Gasteiger partial charge in [0.15, 0.2) is 0 Å². The van der Waals surface area contributed by atoms with E-state index in [-0.39, 0.29) is 34.3 Å². The fourth-order valence-electron chi connectivity index (χ4n) is 4.15. The number of sulfonamides is 1. The van der Waals surface area contributed by atoms with E-state index in [1.165, 1.54) is 43.3 Å². The van der Waals surface area contributed by atoms with E-state index in [4.69, 9.17) is 39.5 Å². The van der Waals surface area contributed by atoms with Crippen molar-refractivity contribution in [1.29, 1.82) is 0 Å². The Labute approximate surface area is 249 Å². The Balaban J connectivity index is 2.17. The minimum atomic E-state index is -4.30. The highest BCUT2D eigenvalue weighted by Gasteiger charge is 2.35. The SMILES string of the molecule is CC[C@@H](C(=O)NC)N(Cc1c(Cl)cccc1Cl)C(=O)CN(c1cc(Cl)ccc1OC)S(=O)(=O)c1ccc(C)cc1. The maximum atomic E-state index is 14.1. The lowest BCUT2D eigenvalue weighted by molar-refractivity contribution is -0.140. The topological polar surface area (TPSA) is 96.0 Å². The fraction of sp³-hybridized carbons (Fsp3) is 0.286. The molecule has 0 saturated carbocycles. The van der Waals surface area contributed by atoms with Crippen molar-refractivity contribution in [1.82, 2.24) is 10.2 Å². The normalized spacial score (nSPS) is 12.0. The van der Waals surface area contributed by atoms with E-state index in [1.54, 1.807) is 43.3 Å². The quantitative estimate of drug-likeness (QED) is 0.294. The molecular weight excluding hydrogens is 597 g/mol. The minimum Gasteiger partial charge on any atom is -0.495 e. The minimum absolute atomic E-state index is 0.0352. The van der Waals surface area contributed by atoms with Crippen LogP contribution in [0.25, 0.3) is 0 Å². The Morgan fingerprint density at radius 3 is 2.17 bits per heavy atom. The van der Waals surface area contributed by atoms with Crippen LogP contribution in [0.15, 0.2) is 65.6 Å². The number of amides is 2. The number of likely N-dealkylation sites (N-methyl/N-ethyl adjacent to an activating group) is 1. The van der Waals surface area contributed by atoms with Gasteiger partial charge in [-0.2, -0.15) is 0 Å². The van der Waals surface area contributed by atoms with Gasteiger partial charge >= 0.3 is 0 Å². The van der Waals surface area contributed by atoms with E-state index in [2.05, 4.69) is 5.32 Å². The molecule has 0 aromatic heterocycles. The number of rotatable bonds is 11. The molecule has 2 amide bonds. The number of hydrogen-bond donors (Lipinski definition) is 1. The molecule has 0 aliphatic carbocycles. The second-order valence-corrected chi connectivity index (χ2v) is 12.0. The van der Waals surface area contributed by atoms with Crippen molar-refractivity contribution in [2.24, 2.45) is 0 Å².